The SMILES string of the molecule is CNc1nc(C)cc(NCc2ccccc2)n1. The van der Waals surface area contributed by atoms with Crippen LogP contribution in [0.1, 0.15) is 11.3 Å². The second-order valence-electron chi connectivity index (χ2n) is 3.81. The van der Waals surface area contributed by atoms with Crippen molar-refractivity contribution < 1.29 is 0 Å². The van der Waals surface area contributed by atoms with Crippen LogP contribution in [0.25, 0.3) is 0 Å². The van der Waals surface area contributed by atoms with E-state index in [2.05, 4.69) is 32.7 Å². The van der Waals surface area contributed by atoms with Crippen molar-refractivity contribution in [3.63, 3.8) is 0 Å². The molecule has 2 N–H and O–H groups in total. The summed E-state index contributed by atoms with van der Waals surface area (Å²) in [5, 5.41) is 6.23. The molecule has 1 aromatic carbocycles. The highest BCUT2D eigenvalue weighted by Crippen LogP contribution is 2.10. The quantitative estimate of drug-likeness (QED) is 0.844. The van der Waals surface area contributed by atoms with Crippen molar-refractivity contribution in [1.82, 2.24) is 9.97 Å². The summed E-state index contributed by atoms with van der Waals surface area (Å²) in [6.07, 6.45) is 0. The van der Waals surface area contributed by atoms with Crippen LogP contribution in [0.5, 0.6) is 0 Å². The Labute approximate surface area is 101 Å². The maximum absolute atomic E-state index is 4.33. The Kier molecular flexibility index (Phi) is 3.55. The van der Waals surface area contributed by atoms with Crippen molar-refractivity contribution >= 4 is 11.8 Å². The molecule has 0 aliphatic carbocycles. The Morgan fingerprint density at radius 1 is 1.12 bits per heavy atom. The second kappa shape index (κ2) is 5.30. The summed E-state index contributed by atoms with van der Waals surface area (Å²) in [6, 6.07) is 12.2. The van der Waals surface area contributed by atoms with E-state index in [1.165, 1.54) is 5.56 Å². The fourth-order valence-corrected chi connectivity index (χ4v) is 1.56. The predicted molar refractivity (Wildman–Crippen MR) is 70.1 cm³/mol. The van der Waals surface area contributed by atoms with E-state index in [1.807, 2.05) is 38.2 Å². The maximum Gasteiger partial charge on any atom is 0.224 e. The Morgan fingerprint density at radius 3 is 2.59 bits per heavy atom. The summed E-state index contributed by atoms with van der Waals surface area (Å²) in [6.45, 7) is 2.72. The fourth-order valence-electron chi connectivity index (χ4n) is 1.56. The fraction of sp³-hybridized carbons (Fsp3) is 0.231. The number of aryl methyl sites for hydroxylation is 1. The summed E-state index contributed by atoms with van der Waals surface area (Å²) >= 11 is 0. The molecule has 0 fully saturated rings. The van der Waals surface area contributed by atoms with E-state index in [0.29, 0.717) is 5.95 Å². The number of benzene rings is 1. The molecule has 1 heterocycles. The van der Waals surface area contributed by atoms with Gasteiger partial charge in [0.1, 0.15) is 5.82 Å². The summed E-state index contributed by atoms with van der Waals surface area (Å²) in [7, 11) is 1.82. The van der Waals surface area contributed by atoms with Crippen LogP contribution >= 0.6 is 0 Å². The van der Waals surface area contributed by atoms with Gasteiger partial charge in [-0.1, -0.05) is 30.3 Å². The molecule has 4 heteroatoms. The van der Waals surface area contributed by atoms with Crippen LogP contribution in [0.15, 0.2) is 36.4 Å². The van der Waals surface area contributed by atoms with E-state index in [1.54, 1.807) is 0 Å². The van der Waals surface area contributed by atoms with Gasteiger partial charge in [0.05, 0.1) is 0 Å². The van der Waals surface area contributed by atoms with Gasteiger partial charge in [0.25, 0.3) is 0 Å². The number of hydrogen-bond acceptors (Lipinski definition) is 4. The van der Waals surface area contributed by atoms with Gasteiger partial charge < -0.3 is 10.6 Å². The molecule has 0 bridgehead atoms. The minimum atomic E-state index is 0.639. The molecule has 17 heavy (non-hydrogen) atoms. The van der Waals surface area contributed by atoms with Crippen molar-refractivity contribution in [1.29, 1.82) is 0 Å². The molecule has 0 aliphatic heterocycles. The summed E-state index contributed by atoms with van der Waals surface area (Å²) in [4.78, 5) is 8.58. The molecule has 0 saturated carbocycles. The molecule has 2 rings (SSSR count). The van der Waals surface area contributed by atoms with Gasteiger partial charge in [0.15, 0.2) is 0 Å². The third-order valence-electron chi connectivity index (χ3n) is 2.39. The molecular weight excluding hydrogens is 212 g/mol. The molecule has 0 radical (unpaired) electrons. The van der Waals surface area contributed by atoms with Crippen LogP contribution in [0.4, 0.5) is 11.8 Å². The number of anilines is 2. The van der Waals surface area contributed by atoms with Crippen molar-refractivity contribution in [2.75, 3.05) is 17.7 Å². The second-order valence-corrected chi connectivity index (χ2v) is 3.81. The molecule has 0 amide bonds. The third kappa shape index (κ3) is 3.17. The molecule has 0 spiro atoms. The maximum atomic E-state index is 4.33. The monoisotopic (exact) mass is 228 g/mol. The Balaban J connectivity index is 2.06. The molecule has 0 atom stereocenters. The Morgan fingerprint density at radius 2 is 1.88 bits per heavy atom. The minimum absolute atomic E-state index is 0.639. The summed E-state index contributed by atoms with van der Waals surface area (Å²) in [5.41, 5.74) is 2.18. The first-order valence-electron chi connectivity index (χ1n) is 5.59. The zero-order valence-electron chi connectivity index (χ0n) is 10.1. The first-order valence-corrected chi connectivity index (χ1v) is 5.59. The van der Waals surface area contributed by atoms with Crippen molar-refractivity contribution in [2.24, 2.45) is 0 Å². The molecule has 0 saturated heterocycles. The molecular formula is C13H16N4. The van der Waals surface area contributed by atoms with Gasteiger partial charge in [-0.05, 0) is 12.5 Å². The molecule has 0 aliphatic rings. The smallest absolute Gasteiger partial charge is 0.224 e. The summed E-state index contributed by atoms with van der Waals surface area (Å²) < 4.78 is 0. The van der Waals surface area contributed by atoms with E-state index < -0.39 is 0 Å². The average Bonchev–Trinajstić information content (AvgIpc) is 2.37. The molecule has 1 aromatic heterocycles. The first-order chi connectivity index (χ1) is 8.28. The highest BCUT2D eigenvalue weighted by atomic mass is 15.1. The van der Waals surface area contributed by atoms with Gasteiger partial charge in [-0.25, -0.2) is 4.98 Å². The van der Waals surface area contributed by atoms with Crippen LogP contribution in [0.3, 0.4) is 0 Å². The highest BCUT2D eigenvalue weighted by molar-refractivity contribution is 5.42. The number of hydrogen-bond donors (Lipinski definition) is 2. The molecule has 4 nitrogen and oxygen atoms in total. The van der Waals surface area contributed by atoms with E-state index in [-0.39, 0.29) is 0 Å². The van der Waals surface area contributed by atoms with Gasteiger partial charge in [-0.15, -0.1) is 0 Å². The lowest BCUT2D eigenvalue weighted by atomic mass is 10.2. The zero-order valence-corrected chi connectivity index (χ0v) is 10.1. The Bertz CT molecular complexity index is 482. The first kappa shape index (κ1) is 11.4. The van der Waals surface area contributed by atoms with Gasteiger partial charge in [0.2, 0.25) is 5.95 Å². The van der Waals surface area contributed by atoms with Crippen molar-refractivity contribution in [2.45, 2.75) is 13.5 Å². The standard InChI is InChI=1S/C13H16N4/c1-10-8-12(17-13(14-2)16-10)15-9-11-6-4-3-5-7-11/h3-8H,9H2,1-2H3,(H2,14,15,16,17). The van der Waals surface area contributed by atoms with Crippen LogP contribution in [-0.2, 0) is 6.54 Å². The number of nitrogens with one attached hydrogen (secondary N) is 2. The van der Waals surface area contributed by atoms with E-state index in [4.69, 9.17) is 0 Å². The third-order valence-corrected chi connectivity index (χ3v) is 2.39. The zero-order chi connectivity index (χ0) is 12.1. The van der Waals surface area contributed by atoms with Crippen molar-refractivity contribution in [3.05, 3.63) is 47.7 Å². The normalized spacial score (nSPS) is 10.0. The van der Waals surface area contributed by atoms with Gasteiger partial charge >= 0.3 is 0 Å². The average molecular weight is 228 g/mol. The lowest BCUT2D eigenvalue weighted by molar-refractivity contribution is 1.05. The largest absolute Gasteiger partial charge is 0.366 e. The van der Waals surface area contributed by atoms with Crippen LogP contribution in [0.2, 0.25) is 0 Å². The van der Waals surface area contributed by atoms with Crippen LogP contribution in [-0.4, -0.2) is 17.0 Å². The van der Waals surface area contributed by atoms with E-state index >= 15 is 0 Å². The lowest BCUT2D eigenvalue weighted by Gasteiger charge is -2.08. The predicted octanol–water partition coefficient (Wildman–Crippen LogP) is 2.44. The number of nitrogens with zero attached hydrogens (tertiary/aromatic N) is 2. The number of rotatable bonds is 4. The van der Waals surface area contributed by atoms with Gasteiger partial charge in [0, 0.05) is 25.4 Å². The summed E-state index contributed by atoms with van der Waals surface area (Å²) in [5.74, 6) is 1.48. The van der Waals surface area contributed by atoms with Crippen LogP contribution < -0.4 is 10.6 Å². The lowest BCUT2D eigenvalue weighted by Crippen LogP contribution is -2.05. The van der Waals surface area contributed by atoms with E-state index in [9.17, 15) is 0 Å². The van der Waals surface area contributed by atoms with E-state index in [0.717, 1.165) is 18.1 Å². The molecule has 2 aromatic rings. The topological polar surface area (TPSA) is 49.8 Å². The van der Waals surface area contributed by atoms with Crippen molar-refractivity contribution in [3.8, 4) is 0 Å². The molecule has 0 unspecified atom stereocenters. The minimum Gasteiger partial charge on any atom is -0.366 e. The van der Waals surface area contributed by atoms with Gasteiger partial charge in [-0.3, -0.25) is 0 Å². The molecule has 88 valence electrons. The number of aromatic nitrogens is 2. The Hall–Kier alpha value is -2.10. The van der Waals surface area contributed by atoms with Crippen LogP contribution in [0, 0.1) is 6.92 Å². The van der Waals surface area contributed by atoms with Gasteiger partial charge in [-0.2, -0.15) is 4.98 Å². The highest BCUT2D eigenvalue weighted by Gasteiger charge is 2.00.